The number of carbonyl (C=O) groups excluding carboxylic acids is 1. The Bertz CT molecular complexity index is 314. The van der Waals surface area contributed by atoms with Gasteiger partial charge < -0.3 is 4.74 Å². The molecule has 0 amide bonds. The van der Waals surface area contributed by atoms with Crippen molar-refractivity contribution in [1.82, 2.24) is 0 Å². The number of carbonyl (C=O) groups is 1. The lowest BCUT2D eigenvalue weighted by atomic mass is 10.0. The van der Waals surface area contributed by atoms with Crippen molar-refractivity contribution in [2.45, 2.75) is 39.5 Å². The van der Waals surface area contributed by atoms with Gasteiger partial charge in [0.05, 0.1) is 6.61 Å². The lowest BCUT2D eigenvalue weighted by Crippen LogP contribution is -1.99. The van der Waals surface area contributed by atoms with Crippen LogP contribution in [0.2, 0.25) is 0 Å². The molecule has 0 unspecified atom stereocenters. The van der Waals surface area contributed by atoms with Crippen LogP contribution in [0.25, 0.3) is 0 Å². The molecule has 0 spiro atoms. The van der Waals surface area contributed by atoms with Crippen molar-refractivity contribution < 1.29 is 9.53 Å². The molecular weight excluding hydrogens is 200 g/mol. The largest absolute Gasteiger partial charge is 0.494 e. The number of hydrogen-bond acceptors (Lipinski definition) is 2. The second-order valence-corrected chi connectivity index (χ2v) is 3.84. The summed E-state index contributed by atoms with van der Waals surface area (Å²) in [7, 11) is 0. The Morgan fingerprint density at radius 2 is 1.81 bits per heavy atom. The smallest absolute Gasteiger partial charge is 0.162 e. The molecule has 0 atom stereocenters. The van der Waals surface area contributed by atoms with E-state index in [2.05, 4.69) is 6.92 Å². The monoisotopic (exact) mass is 220 g/mol. The van der Waals surface area contributed by atoms with Crippen LogP contribution < -0.4 is 4.74 Å². The Morgan fingerprint density at radius 1 is 1.12 bits per heavy atom. The van der Waals surface area contributed by atoms with Crippen molar-refractivity contribution in [2.24, 2.45) is 0 Å². The molecule has 1 aromatic carbocycles. The van der Waals surface area contributed by atoms with Gasteiger partial charge in [0.2, 0.25) is 0 Å². The van der Waals surface area contributed by atoms with Gasteiger partial charge >= 0.3 is 0 Å². The van der Waals surface area contributed by atoms with Gasteiger partial charge in [-0.2, -0.15) is 0 Å². The molecule has 1 aromatic rings. The van der Waals surface area contributed by atoms with Crippen molar-refractivity contribution in [3.05, 3.63) is 29.8 Å². The lowest BCUT2D eigenvalue weighted by molar-refractivity contribution is 0.0979. The van der Waals surface area contributed by atoms with Gasteiger partial charge in [0, 0.05) is 12.0 Å². The van der Waals surface area contributed by atoms with E-state index in [1.54, 1.807) is 0 Å². The van der Waals surface area contributed by atoms with Crippen LogP contribution in [0.1, 0.15) is 49.9 Å². The minimum Gasteiger partial charge on any atom is -0.494 e. The summed E-state index contributed by atoms with van der Waals surface area (Å²) in [6.45, 7) is 4.75. The van der Waals surface area contributed by atoms with E-state index in [4.69, 9.17) is 4.74 Å². The van der Waals surface area contributed by atoms with Crippen LogP contribution in [-0.2, 0) is 0 Å². The summed E-state index contributed by atoms with van der Waals surface area (Å²) in [6.07, 6.45) is 3.92. The molecule has 0 aliphatic heterocycles. The second kappa shape index (κ2) is 7.04. The molecule has 0 aliphatic rings. The quantitative estimate of drug-likeness (QED) is 0.515. The van der Waals surface area contributed by atoms with Gasteiger partial charge in [-0.25, -0.2) is 0 Å². The molecule has 2 nitrogen and oxygen atoms in total. The van der Waals surface area contributed by atoms with Gasteiger partial charge in [0.1, 0.15) is 5.75 Å². The Kier molecular flexibility index (Phi) is 5.62. The highest BCUT2D eigenvalue weighted by atomic mass is 16.5. The third-order valence-electron chi connectivity index (χ3n) is 2.49. The minimum absolute atomic E-state index is 0.233. The minimum atomic E-state index is 0.233. The summed E-state index contributed by atoms with van der Waals surface area (Å²) >= 11 is 0. The van der Waals surface area contributed by atoms with Crippen LogP contribution in [0.3, 0.4) is 0 Å². The van der Waals surface area contributed by atoms with E-state index < -0.39 is 0 Å². The standard InChI is InChI=1S/C14H20O2/c1-3-5-6-7-14(15)12-8-10-13(11-9-12)16-4-2/h8-11H,3-7H2,1-2H3. The molecule has 0 N–H and O–H groups in total. The summed E-state index contributed by atoms with van der Waals surface area (Å²) in [5, 5.41) is 0. The molecule has 16 heavy (non-hydrogen) atoms. The van der Waals surface area contributed by atoms with Crippen LogP contribution >= 0.6 is 0 Å². The molecule has 0 bridgehead atoms. The van der Waals surface area contributed by atoms with E-state index in [-0.39, 0.29) is 5.78 Å². The van der Waals surface area contributed by atoms with Gasteiger partial charge in [-0.3, -0.25) is 4.79 Å². The number of Topliss-reactive ketones (excluding diaryl/α,β-unsaturated/α-hetero) is 1. The molecule has 0 radical (unpaired) electrons. The van der Waals surface area contributed by atoms with Gasteiger partial charge in [0.15, 0.2) is 5.78 Å². The number of ether oxygens (including phenoxy) is 1. The average Bonchev–Trinajstić information content (AvgIpc) is 2.30. The zero-order valence-corrected chi connectivity index (χ0v) is 10.2. The van der Waals surface area contributed by atoms with Crippen molar-refractivity contribution >= 4 is 5.78 Å². The fourth-order valence-electron chi connectivity index (χ4n) is 1.58. The number of rotatable bonds is 7. The SMILES string of the molecule is CCCCCC(=O)c1ccc(OCC)cc1. The zero-order chi connectivity index (χ0) is 11.8. The number of hydrogen-bond donors (Lipinski definition) is 0. The third-order valence-corrected chi connectivity index (χ3v) is 2.49. The first-order valence-electron chi connectivity index (χ1n) is 6.04. The average molecular weight is 220 g/mol. The van der Waals surface area contributed by atoms with Gasteiger partial charge in [-0.05, 0) is 37.6 Å². The molecule has 0 fully saturated rings. The van der Waals surface area contributed by atoms with Crippen molar-refractivity contribution in [3.8, 4) is 5.75 Å². The van der Waals surface area contributed by atoms with Crippen molar-refractivity contribution in [1.29, 1.82) is 0 Å². The van der Waals surface area contributed by atoms with Gasteiger partial charge in [0.25, 0.3) is 0 Å². The van der Waals surface area contributed by atoms with Gasteiger partial charge in [-0.1, -0.05) is 19.8 Å². The highest BCUT2D eigenvalue weighted by Crippen LogP contribution is 2.14. The van der Waals surface area contributed by atoms with Crippen LogP contribution in [0.5, 0.6) is 5.75 Å². The van der Waals surface area contributed by atoms with Crippen LogP contribution in [0.4, 0.5) is 0 Å². The molecule has 1 rings (SSSR count). The summed E-state index contributed by atoms with van der Waals surface area (Å²) in [5.41, 5.74) is 0.791. The first-order chi connectivity index (χ1) is 7.77. The summed E-state index contributed by atoms with van der Waals surface area (Å²) in [4.78, 5) is 11.7. The number of unbranched alkanes of at least 4 members (excludes halogenated alkanes) is 2. The first kappa shape index (κ1) is 12.8. The Labute approximate surface area is 97.6 Å². The summed E-state index contributed by atoms with van der Waals surface area (Å²) in [6, 6.07) is 7.41. The summed E-state index contributed by atoms with van der Waals surface area (Å²) < 4.78 is 5.33. The maximum Gasteiger partial charge on any atom is 0.162 e. The topological polar surface area (TPSA) is 26.3 Å². The zero-order valence-electron chi connectivity index (χ0n) is 10.2. The van der Waals surface area contributed by atoms with Crippen LogP contribution in [0, 0.1) is 0 Å². The predicted octanol–water partition coefficient (Wildman–Crippen LogP) is 3.85. The van der Waals surface area contributed by atoms with E-state index in [9.17, 15) is 4.79 Å². The molecule has 0 saturated heterocycles. The second-order valence-electron chi connectivity index (χ2n) is 3.84. The highest BCUT2D eigenvalue weighted by Gasteiger charge is 2.05. The van der Waals surface area contributed by atoms with Crippen molar-refractivity contribution in [3.63, 3.8) is 0 Å². The van der Waals surface area contributed by atoms with E-state index in [1.165, 1.54) is 0 Å². The molecule has 88 valence electrons. The third kappa shape index (κ3) is 4.05. The van der Waals surface area contributed by atoms with E-state index in [0.29, 0.717) is 13.0 Å². The maximum atomic E-state index is 11.7. The van der Waals surface area contributed by atoms with Crippen LogP contribution in [0.15, 0.2) is 24.3 Å². The van der Waals surface area contributed by atoms with E-state index >= 15 is 0 Å². The lowest BCUT2D eigenvalue weighted by Gasteiger charge is -2.04. The molecular formula is C14H20O2. The fraction of sp³-hybridized carbons (Fsp3) is 0.500. The molecule has 2 heteroatoms. The molecule has 0 aliphatic carbocycles. The normalized spacial score (nSPS) is 10.1. The van der Waals surface area contributed by atoms with E-state index in [0.717, 1.165) is 30.6 Å². The predicted molar refractivity (Wildman–Crippen MR) is 66.1 cm³/mol. The fourth-order valence-corrected chi connectivity index (χ4v) is 1.58. The number of benzene rings is 1. The van der Waals surface area contributed by atoms with Crippen molar-refractivity contribution in [2.75, 3.05) is 6.61 Å². The highest BCUT2D eigenvalue weighted by molar-refractivity contribution is 5.96. The van der Waals surface area contributed by atoms with Crippen LogP contribution in [-0.4, -0.2) is 12.4 Å². The summed E-state index contributed by atoms with van der Waals surface area (Å²) in [5.74, 6) is 1.06. The number of ketones is 1. The Balaban J connectivity index is 2.49. The Morgan fingerprint density at radius 3 is 2.38 bits per heavy atom. The van der Waals surface area contributed by atoms with Gasteiger partial charge in [-0.15, -0.1) is 0 Å². The maximum absolute atomic E-state index is 11.7. The molecule has 0 heterocycles. The first-order valence-corrected chi connectivity index (χ1v) is 6.04. The Hall–Kier alpha value is -1.31. The van der Waals surface area contributed by atoms with E-state index in [1.807, 2.05) is 31.2 Å². The molecule has 0 aromatic heterocycles. The molecule has 0 saturated carbocycles.